The van der Waals surface area contributed by atoms with Gasteiger partial charge in [-0.05, 0) is 68.3 Å². The molecular formula is C18H22N2OS. The van der Waals surface area contributed by atoms with Crippen molar-refractivity contribution >= 4 is 22.2 Å². The molecule has 0 aromatic carbocycles. The Labute approximate surface area is 135 Å². The highest BCUT2D eigenvalue weighted by atomic mass is 32.1. The first-order chi connectivity index (χ1) is 10.7. The highest BCUT2D eigenvalue weighted by molar-refractivity contribution is 7.16. The molecule has 0 saturated heterocycles. The maximum atomic E-state index is 12.4. The molecule has 2 saturated carbocycles. The van der Waals surface area contributed by atoms with Gasteiger partial charge in [-0.15, -0.1) is 11.3 Å². The first kappa shape index (κ1) is 14.3. The number of amides is 1. The third-order valence-electron chi connectivity index (χ3n) is 5.87. The number of anilines is 1. The highest BCUT2D eigenvalue weighted by Crippen LogP contribution is 2.49. The van der Waals surface area contributed by atoms with E-state index in [0.717, 1.165) is 41.7 Å². The van der Waals surface area contributed by atoms with Crippen LogP contribution in [-0.2, 0) is 17.6 Å². The minimum Gasteiger partial charge on any atom is -0.317 e. The molecule has 116 valence electrons. The lowest BCUT2D eigenvalue weighted by Gasteiger charge is -2.20. The van der Waals surface area contributed by atoms with Gasteiger partial charge in [0.15, 0.2) is 0 Å². The van der Waals surface area contributed by atoms with Crippen LogP contribution >= 0.6 is 11.3 Å². The molecule has 3 nitrogen and oxygen atoms in total. The van der Waals surface area contributed by atoms with Crippen LogP contribution in [0, 0.1) is 29.1 Å². The third-order valence-corrected chi connectivity index (χ3v) is 7.08. The summed E-state index contributed by atoms with van der Waals surface area (Å²) in [5.74, 6) is 2.36. The van der Waals surface area contributed by atoms with Gasteiger partial charge in [0.05, 0.1) is 5.56 Å². The summed E-state index contributed by atoms with van der Waals surface area (Å²) in [4.78, 5) is 13.7. The van der Waals surface area contributed by atoms with Crippen molar-refractivity contribution < 1.29 is 4.79 Å². The van der Waals surface area contributed by atoms with E-state index in [1.165, 1.54) is 42.5 Å². The van der Waals surface area contributed by atoms with Gasteiger partial charge in [-0.2, -0.15) is 5.26 Å². The molecular weight excluding hydrogens is 292 g/mol. The zero-order valence-corrected chi connectivity index (χ0v) is 13.7. The van der Waals surface area contributed by atoms with Gasteiger partial charge in [0.25, 0.3) is 0 Å². The van der Waals surface area contributed by atoms with Gasteiger partial charge >= 0.3 is 0 Å². The number of nitrogens with one attached hydrogen (secondary N) is 1. The molecule has 2 fully saturated rings. The number of nitriles is 1. The Morgan fingerprint density at radius 1 is 1.27 bits per heavy atom. The zero-order chi connectivity index (χ0) is 15.1. The van der Waals surface area contributed by atoms with E-state index in [2.05, 4.69) is 11.4 Å². The molecule has 1 amide bonds. The molecule has 3 atom stereocenters. The molecule has 1 aromatic rings. The van der Waals surface area contributed by atoms with Crippen molar-refractivity contribution in [3.05, 3.63) is 16.0 Å². The molecule has 3 unspecified atom stereocenters. The van der Waals surface area contributed by atoms with E-state index in [1.54, 1.807) is 11.3 Å². The van der Waals surface area contributed by atoms with Crippen LogP contribution < -0.4 is 5.32 Å². The number of hydrogen-bond donors (Lipinski definition) is 1. The summed E-state index contributed by atoms with van der Waals surface area (Å²) < 4.78 is 0. The minimum absolute atomic E-state index is 0.118. The Hall–Kier alpha value is -1.34. The number of carbonyl (C=O) groups is 1. The predicted octanol–water partition coefficient (Wildman–Crippen LogP) is 4.26. The van der Waals surface area contributed by atoms with Crippen molar-refractivity contribution in [3.63, 3.8) is 0 Å². The number of fused-ring (bicyclic) bond motifs is 3. The second-order valence-electron chi connectivity index (χ2n) is 7.21. The molecule has 0 aliphatic heterocycles. The standard InChI is InChI=1S/C18H22N2OS/c19-10-15-14-3-1-2-4-16(14)22-18(15)20-17(21)9-13-8-11-5-6-12(13)7-11/h11-13H,1-9H2,(H,20,21). The number of nitrogens with zero attached hydrogens (tertiary/aromatic N) is 1. The smallest absolute Gasteiger partial charge is 0.225 e. The van der Waals surface area contributed by atoms with Crippen LogP contribution in [0.4, 0.5) is 5.00 Å². The summed E-state index contributed by atoms with van der Waals surface area (Å²) in [5.41, 5.74) is 1.94. The second kappa shape index (κ2) is 5.70. The van der Waals surface area contributed by atoms with Crippen LogP contribution in [0.15, 0.2) is 0 Å². The van der Waals surface area contributed by atoms with Gasteiger partial charge in [0, 0.05) is 11.3 Å². The number of rotatable bonds is 3. The van der Waals surface area contributed by atoms with Crippen LogP contribution in [-0.4, -0.2) is 5.91 Å². The summed E-state index contributed by atoms with van der Waals surface area (Å²) in [6.45, 7) is 0. The summed E-state index contributed by atoms with van der Waals surface area (Å²) in [6, 6.07) is 2.33. The average Bonchev–Trinajstić information content (AvgIpc) is 3.19. The predicted molar refractivity (Wildman–Crippen MR) is 87.9 cm³/mol. The van der Waals surface area contributed by atoms with Crippen molar-refractivity contribution in [2.75, 3.05) is 5.32 Å². The number of aryl methyl sites for hydroxylation is 1. The SMILES string of the molecule is N#Cc1c(NC(=O)CC2CC3CCC2C3)sc2c1CCCC2. The number of thiophene rings is 1. The molecule has 4 rings (SSSR count). The third kappa shape index (κ3) is 2.46. The van der Waals surface area contributed by atoms with Crippen LogP contribution in [0.3, 0.4) is 0 Å². The van der Waals surface area contributed by atoms with Gasteiger partial charge < -0.3 is 5.32 Å². The minimum atomic E-state index is 0.118. The fraction of sp³-hybridized carbons (Fsp3) is 0.667. The molecule has 1 heterocycles. The van der Waals surface area contributed by atoms with E-state index in [9.17, 15) is 10.1 Å². The van der Waals surface area contributed by atoms with Crippen molar-refractivity contribution in [2.24, 2.45) is 17.8 Å². The van der Waals surface area contributed by atoms with Gasteiger partial charge in [0.1, 0.15) is 11.1 Å². The van der Waals surface area contributed by atoms with Gasteiger partial charge in [-0.25, -0.2) is 0 Å². The molecule has 0 spiro atoms. The normalized spacial score (nSPS) is 29.1. The van der Waals surface area contributed by atoms with Crippen molar-refractivity contribution in [2.45, 2.75) is 57.8 Å². The maximum absolute atomic E-state index is 12.4. The molecule has 0 radical (unpaired) electrons. The van der Waals surface area contributed by atoms with E-state index >= 15 is 0 Å². The molecule has 4 heteroatoms. The first-order valence-corrected chi connectivity index (χ1v) is 9.40. The quantitative estimate of drug-likeness (QED) is 0.906. The average molecular weight is 314 g/mol. The van der Waals surface area contributed by atoms with E-state index in [4.69, 9.17) is 0 Å². The largest absolute Gasteiger partial charge is 0.317 e. The molecule has 22 heavy (non-hydrogen) atoms. The highest BCUT2D eigenvalue weighted by Gasteiger charge is 2.40. The second-order valence-corrected chi connectivity index (χ2v) is 8.32. The Morgan fingerprint density at radius 3 is 2.86 bits per heavy atom. The van der Waals surface area contributed by atoms with E-state index in [-0.39, 0.29) is 5.91 Å². The van der Waals surface area contributed by atoms with E-state index in [1.807, 2.05) is 0 Å². The van der Waals surface area contributed by atoms with Crippen LogP contribution in [0.1, 0.15) is 60.9 Å². The lowest BCUT2D eigenvalue weighted by molar-refractivity contribution is -0.117. The lowest BCUT2D eigenvalue weighted by atomic mass is 9.86. The Kier molecular flexibility index (Phi) is 3.69. The van der Waals surface area contributed by atoms with E-state index in [0.29, 0.717) is 12.3 Å². The van der Waals surface area contributed by atoms with Crippen molar-refractivity contribution in [1.82, 2.24) is 0 Å². The monoisotopic (exact) mass is 314 g/mol. The molecule has 3 aliphatic rings. The van der Waals surface area contributed by atoms with Gasteiger partial charge in [-0.1, -0.05) is 6.42 Å². The van der Waals surface area contributed by atoms with Crippen LogP contribution in [0.5, 0.6) is 0 Å². The van der Waals surface area contributed by atoms with Crippen LogP contribution in [0.25, 0.3) is 0 Å². The molecule has 1 aromatic heterocycles. The molecule has 3 aliphatic carbocycles. The summed E-state index contributed by atoms with van der Waals surface area (Å²) in [5, 5.41) is 13.3. The fourth-order valence-corrected chi connectivity index (χ4v) is 6.07. The van der Waals surface area contributed by atoms with Crippen LogP contribution in [0.2, 0.25) is 0 Å². The summed E-state index contributed by atoms with van der Waals surface area (Å²) >= 11 is 1.63. The lowest BCUT2D eigenvalue weighted by Crippen LogP contribution is -2.20. The summed E-state index contributed by atoms with van der Waals surface area (Å²) in [7, 11) is 0. The Balaban J connectivity index is 1.46. The molecule has 1 N–H and O–H groups in total. The maximum Gasteiger partial charge on any atom is 0.225 e. The summed E-state index contributed by atoms with van der Waals surface area (Å²) in [6.07, 6.45) is 10.4. The van der Waals surface area contributed by atoms with Gasteiger partial charge in [-0.3, -0.25) is 4.79 Å². The Morgan fingerprint density at radius 2 is 2.14 bits per heavy atom. The Bertz CT molecular complexity index is 642. The zero-order valence-electron chi connectivity index (χ0n) is 12.9. The number of hydrogen-bond acceptors (Lipinski definition) is 3. The topological polar surface area (TPSA) is 52.9 Å². The van der Waals surface area contributed by atoms with E-state index < -0.39 is 0 Å². The van der Waals surface area contributed by atoms with Crippen molar-refractivity contribution in [3.8, 4) is 6.07 Å². The molecule has 2 bridgehead atoms. The number of carbonyl (C=O) groups excluding carboxylic acids is 1. The van der Waals surface area contributed by atoms with Gasteiger partial charge in [0.2, 0.25) is 5.91 Å². The van der Waals surface area contributed by atoms with Crippen molar-refractivity contribution in [1.29, 1.82) is 5.26 Å². The first-order valence-electron chi connectivity index (χ1n) is 8.59. The fourth-order valence-electron chi connectivity index (χ4n) is 4.81.